The van der Waals surface area contributed by atoms with Crippen molar-refractivity contribution in [2.24, 2.45) is 0 Å². The number of hydrazine groups is 1. The van der Waals surface area contributed by atoms with E-state index >= 15 is 0 Å². The Labute approximate surface area is 134 Å². The third-order valence-electron chi connectivity index (χ3n) is 2.48. The Kier molecular flexibility index (Phi) is 5.28. The Balaban J connectivity index is 2.76. The zero-order valence-corrected chi connectivity index (χ0v) is 14.3. The largest absolute Gasteiger partial charge is 0.443 e. The lowest BCUT2D eigenvalue weighted by atomic mass is 9.94. The first-order valence-electron chi connectivity index (χ1n) is 7.25. The molecule has 1 N–H and O–H groups in total. The summed E-state index contributed by atoms with van der Waals surface area (Å²) in [5.41, 5.74) is 1.02. The Morgan fingerprint density at radius 2 is 1.65 bits per heavy atom. The second-order valence-electron chi connectivity index (χ2n) is 7.42. The highest BCUT2D eigenvalue weighted by molar-refractivity contribution is 5.74. The van der Waals surface area contributed by atoms with Gasteiger partial charge in [-0.2, -0.15) is 0 Å². The van der Waals surface area contributed by atoms with Gasteiger partial charge in [-0.1, -0.05) is 0 Å². The van der Waals surface area contributed by atoms with Crippen molar-refractivity contribution in [3.8, 4) is 0 Å². The third kappa shape index (κ3) is 7.30. The van der Waals surface area contributed by atoms with Gasteiger partial charge in [0.15, 0.2) is 0 Å². The normalized spacial score (nSPS) is 16.8. The van der Waals surface area contributed by atoms with Crippen LogP contribution >= 0.6 is 0 Å². The summed E-state index contributed by atoms with van der Waals surface area (Å²) in [5.74, 6) is -2.86. The number of nitrogens with one attached hydrogen (secondary N) is 1. The van der Waals surface area contributed by atoms with Gasteiger partial charge in [-0.25, -0.2) is 28.8 Å². The second kappa shape index (κ2) is 6.33. The minimum Gasteiger partial charge on any atom is -0.443 e. The van der Waals surface area contributed by atoms with E-state index in [1.165, 1.54) is 0 Å². The average molecular weight is 334 g/mol. The predicted molar refractivity (Wildman–Crippen MR) is 80.0 cm³/mol. The van der Waals surface area contributed by atoms with Crippen LogP contribution in [0.4, 0.5) is 18.4 Å². The third-order valence-corrected chi connectivity index (χ3v) is 2.48. The molecule has 0 heterocycles. The maximum atomic E-state index is 12.9. The van der Waals surface area contributed by atoms with Crippen LogP contribution in [0.5, 0.6) is 0 Å². The van der Waals surface area contributed by atoms with Crippen LogP contribution in [0.25, 0.3) is 0 Å². The maximum absolute atomic E-state index is 12.9. The van der Waals surface area contributed by atoms with Crippen molar-refractivity contribution in [1.29, 1.82) is 0 Å². The van der Waals surface area contributed by atoms with Gasteiger partial charge in [0.1, 0.15) is 11.2 Å². The second-order valence-corrected chi connectivity index (χ2v) is 7.42. The van der Waals surface area contributed by atoms with Crippen molar-refractivity contribution in [3.05, 3.63) is 11.6 Å². The van der Waals surface area contributed by atoms with Crippen LogP contribution in [0.1, 0.15) is 48.0 Å². The number of alkyl halides is 2. The standard InChI is InChI=1S/C15H24F2N2O4/c1-13(2,3)22-11(20)18-19(12(21)23-14(4,5)6)9-10-7-15(16,17)8-10/h7H,8-9H2,1-6H3,(H,18,20). The number of ether oxygens (including phenoxy) is 2. The number of amides is 2. The van der Waals surface area contributed by atoms with Crippen LogP contribution in [0.2, 0.25) is 0 Å². The molecule has 0 unspecified atom stereocenters. The molecule has 1 aliphatic rings. The molecule has 2 amide bonds. The van der Waals surface area contributed by atoms with Gasteiger partial charge in [-0.3, -0.25) is 0 Å². The lowest BCUT2D eigenvalue weighted by Gasteiger charge is -2.32. The van der Waals surface area contributed by atoms with E-state index < -0.39 is 35.7 Å². The number of allylic oxidation sites excluding steroid dienone is 1. The highest BCUT2D eigenvalue weighted by atomic mass is 19.3. The number of nitrogens with zero attached hydrogens (tertiary/aromatic N) is 1. The van der Waals surface area contributed by atoms with Crippen molar-refractivity contribution in [1.82, 2.24) is 10.4 Å². The molecule has 0 atom stereocenters. The summed E-state index contributed by atoms with van der Waals surface area (Å²) in [4.78, 5) is 23.9. The summed E-state index contributed by atoms with van der Waals surface area (Å²) >= 11 is 0. The molecule has 0 aliphatic heterocycles. The van der Waals surface area contributed by atoms with Gasteiger partial charge in [0, 0.05) is 6.42 Å². The van der Waals surface area contributed by atoms with Crippen molar-refractivity contribution in [3.63, 3.8) is 0 Å². The zero-order valence-electron chi connectivity index (χ0n) is 14.3. The molecule has 0 spiro atoms. The van der Waals surface area contributed by atoms with Gasteiger partial charge in [0.05, 0.1) is 6.54 Å². The lowest BCUT2D eigenvalue weighted by Crippen LogP contribution is -2.51. The monoisotopic (exact) mass is 334 g/mol. The summed E-state index contributed by atoms with van der Waals surface area (Å²) in [7, 11) is 0. The molecule has 0 aromatic heterocycles. The molecule has 0 saturated carbocycles. The highest BCUT2D eigenvalue weighted by Crippen LogP contribution is 2.35. The first kappa shape index (κ1) is 19.2. The quantitative estimate of drug-likeness (QED) is 0.618. The number of hydrogen-bond donors (Lipinski definition) is 1. The van der Waals surface area contributed by atoms with Gasteiger partial charge in [-0.05, 0) is 53.2 Å². The van der Waals surface area contributed by atoms with Gasteiger partial charge >= 0.3 is 12.2 Å². The molecular formula is C15H24F2N2O4. The molecule has 6 nitrogen and oxygen atoms in total. The van der Waals surface area contributed by atoms with E-state index in [4.69, 9.17) is 9.47 Å². The number of carbonyl (C=O) groups is 2. The Morgan fingerprint density at radius 1 is 1.17 bits per heavy atom. The van der Waals surface area contributed by atoms with Gasteiger partial charge in [-0.15, -0.1) is 0 Å². The van der Waals surface area contributed by atoms with E-state index in [2.05, 4.69) is 5.43 Å². The summed E-state index contributed by atoms with van der Waals surface area (Å²) < 4.78 is 36.0. The minimum atomic E-state index is -2.86. The molecule has 0 fully saturated rings. The Hall–Kier alpha value is -1.86. The highest BCUT2D eigenvalue weighted by Gasteiger charge is 2.38. The molecule has 0 aromatic rings. The summed E-state index contributed by atoms with van der Waals surface area (Å²) in [5, 5.41) is 0.834. The van der Waals surface area contributed by atoms with E-state index in [1.807, 2.05) is 0 Å². The molecular weight excluding hydrogens is 310 g/mol. The molecule has 1 rings (SSSR count). The molecule has 0 aromatic carbocycles. The van der Waals surface area contributed by atoms with E-state index in [9.17, 15) is 18.4 Å². The first-order chi connectivity index (χ1) is 10.2. The number of carbonyl (C=O) groups excluding carboxylic acids is 2. The number of hydrogen-bond acceptors (Lipinski definition) is 4. The summed E-state index contributed by atoms with van der Waals surface area (Å²) in [6.07, 6.45) is -1.40. The van der Waals surface area contributed by atoms with E-state index in [-0.39, 0.29) is 6.54 Å². The Bertz CT molecular complexity index is 505. The van der Waals surface area contributed by atoms with Crippen molar-refractivity contribution < 1.29 is 27.8 Å². The molecule has 0 saturated heterocycles. The number of halogens is 2. The number of rotatable bonds is 2. The van der Waals surface area contributed by atoms with E-state index in [1.54, 1.807) is 41.5 Å². The van der Waals surface area contributed by atoms with Gasteiger partial charge in [0.25, 0.3) is 5.92 Å². The van der Waals surface area contributed by atoms with Crippen LogP contribution in [0.3, 0.4) is 0 Å². The fourth-order valence-electron chi connectivity index (χ4n) is 1.75. The van der Waals surface area contributed by atoms with E-state index in [0.29, 0.717) is 5.57 Å². The van der Waals surface area contributed by atoms with Crippen LogP contribution < -0.4 is 5.43 Å². The van der Waals surface area contributed by atoms with E-state index in [0.717, 1.165) is 11.1 Å². The van der Waals surface area contributed by atoms with Crippen molar-refractivity contribution in [2.45, 2.75) is 65.1 Å². The van der Waals surface area contributed by atoms with Crippen LogP contribution in [-0.4, -0.2) is 40.9 Å². The maximum Gasteiger partial charge on any atom is 0.429 e. The molecule has 0 radical (unpaired) electrons. The smallest absolute Gasteiger partial charge is 0.429 e. The molecule has 23 heavy (non-hydrogen) atoms. The van der Waals surface area contributed by atoms with Crippen molar-refractivity contribution >= 4 is 12.2 Å². The topological polar surface area (TPSA) is 67.9 Å². The first-order valence-corrected chi connectivity index (χ1v) is 7.25. The minimum absolute atomic E-state index is 0.191. The summed E-state index contributed by atoms with van der Waals surface area (Å²) in [6, 6.07) is 0. The van der Waals surface area contributed by atoms with Gasteiger partial charge < -0.3 is 9.47 Å². The summed E-state index contributed by atoms with van der Waals surface area (Å²) in [6.45, 7) is 9.79. The van der Waals surface area contributed by atoms with Crippen LogP contribution in [-0.2, 0) is 9.47 Å². The molecule has 8 heteroatoms. The average Bonchev–Trinajstić information content (AvgIpc) is 2.19. The fourth-order valence-corrected chi connectivity index (χ4v) is 1.75. The SMILES string of the molecule is CC(C)(C)OC(=O)NN(CC1=CC(F)(F)C1)C(=O)OC(C)(C)C. The van der Waals surface area contributed by atoms with Gasteiger partial charge in [0.2, 0.25) is 0 Å². The molecule has 0 bridgehead atoms. The zero-order chi connectivity index (χ0) is 18.1. The fraction of sp³-hybridized carbons (Fsp3) is 0.733. The lowest BCUT2D eigenvalue weighted by molar-refractivity contribution is -0.00195. The molecule has 1 aliphatic carbocycles. The Morgan fingerprint density at radius 3 is 2.04 bits per heavy atom. The molecule has 132 valence electrons. The predicted octanol–water partition coefficient (Wildman–Crippen LogP) is 3.63. The van der Waals surface area contributed by atoms with Crippen LogP contribution in [0, 0.1) is 0 Å². The van der Waals surface area contributed by atoms with Crippen LogP contribution in [0.15, 0.2) is 11.6 Å². The van der Waals surface area contributed by atoms with Crippen molar-refractivity contribution in [2.75, 3.05) is 6.54 Å².